The fourth-order valence-electron chi connectivity index (χ4n) is 7.91. The Labute approximate surface area is 311 Å². The van der Waals surface area contributed by atoms with Crippen LogP contribution in [0.4, 0.5) is 0 Å². The van der Waals surface area contributed by atoms with Crippen molar-refractivity contribution < 1.29 is 8.83 Å². The molecule has 2 heterocycles. The molecule has 0 spiro atoms. The zero-order valence-corrected chi connectivity index (χ0v) is 28.9. The van der Waals surface area contributed by atoms with Crippen molar-refractivity contribution in [2.45, 2.75) is 0 Å². The Hall–Kier alpha value is -7.66. The number of nitriles is 2. The molecule has 8 aromatic carbocycles. The van der Waals surface area contributed by atoms with Crippen molar-refractivity contribution >= 4 is 43.9 Å². The average Bonchev–Trinajstić information content (AvgIpc) is 3.82. The molecule has 10 rings (SSSR count). The van der Waals surface area contributed by atoms with Crippen LogP contribution in [0.25, 0.3) is 99.5 Å². The lowest BCUT2D eigenvalue weighted by atomic mass is 9.87. The van der Waals surface area contributed by atoms with Crippen molar-refractivity contribution in [1.82, 2.24) is 0 Å². The molecule has 10 aromatic rings. The van der Waals surface area contributed by atoms with Crippen LogP contribution in [0.2, 0.25) is 0 Å². The van der Waals surface area contributed by atoms with E-state index in [2.05, 4.69) is 72.8 Å². The van der Waals surface area contributed by atoms with Crippen LogP contribution < -0.4 is 0 Å². The van der Waals surface area contributed by atoms with Gasteiger partial charge in [0.15, 0.2) is 0 Å². The monoisotopic (exact) mass is 688 g/mol. The molecule has 250 valence electrons. The second-order valence-electron chi connectivity index (χ2n) is 13.5. The van der Waals surface area contributed by atoms with E-state index in [0.717, 1.165) is 99.5 Å². The van der Waals surface area contributed by atoms with Crippen molar-refractivity contribution in [3.63, 3.8) is 0 Å². The van der Waals surface area contributed by atoms with Crippen LogP contribution in [0.1, 0.15) is 11.1 Å². The zero-order valence-electron chi connectivity index (χ0n) is 28.9. The van der Waals surface area contributed by atoms with Crippen molar-refractivity contribution in [3.05, 3.63) is 181 Å². The highest BCUT2D eigenvalue weighted by Crippen LogP contribution is 2.44. The number of nitrogens with zero attached hydrogens (tertiary/aromatic N) is 2. The van der Waals surface area contributed by atoms with E-state index in [0.29, 0.717) is 11.1 Å². The molecule has 0 aliphatic heterocycles. The lowest BCUT2D eigenvalue weighted by molar-refractivity contribution is 0.668. The summed E-state index contributed by atoms with van der Waals surface area (Å²) < 4.78 is 12.7. The van der Waals surface area contributed by atoms with Gasteiger partial charge in [0.2, 0.25) is 0 Å². The Kier molecular flexibility index (Phi) is 7.22. The Morgan fingerprint density at radius 1 is 0.315 bits per heavy atom. The van der Waals surface area contributed by atoms with Gasteiger partial charge in [-0.05, 0) is 128 Å². The predicted molar refractivity (Wildman–Crippen MR) is 218 cm³/mol. The van der Waals surface area contributed by atoms with Crippen LogP contribution in [0, 0.1) is 22.7 Å². The molecular weight excluding hydrogens is 661 g/mol. The molecule has 0 saturated carbocycles. The minimum atomic E-state index is 0.584. The third kappa shape index (κ3) is 5.06. The highest BCUT2D eigenvalue weighted by atomic mass is 16.3. The van der Waals surface area contributed by atoms with Crippen molar-refractivity contribution in [3.8, 4) is 67.8 Å². The van der Waals surface area contributed by atoms with Crippen LogP contribution in [0.15, 0.2) is 179 Å². The first-order valence-electron chi connectivity index (χ1n) is 17.8. The van der Waals surface area contributed by atoms with Gasteiger partial charge in [-0.25, -0.2) is 0 Å². The number of hydrogen-bond donors (Lipinski definition) is 0. The fourth-order valence-corrected chi connectivity index (χ4v) is 7.91. The SMILES string of the molecule is N#Cc1ccccc1-c1cc(-c2cc(-c3cccc4oc5ccccc5c34)cc(-c3cccc4oc5ccccc5c34)c2)cc(-c2ccccc2C#N)c1. The summed E-state index contributed by atoms with van der Waals surface area (Å²) in [7, 11) is 0. The predicted octanol–water partition coefficient (Wildman–Crippen LogP) is 13.6. The molecule has 0 N–H and O–H groups in total. The topological polar surface area (TPSA) is 73.9 Å². The molecule has 0 bridgehead atoms. The van der Waals surface area contributed by atoms with E-state index in [-0.39, 0.29) is 0 Å². The largest absolute Gasteiger partial charge is 0.456 e. The molecule has 0 fully saturated rings. The fraction of sp³-hybridized carbons (Fsp3) is 0. The summed E-state index contributed by atoms with van der Waals surface area (Å²) in [5.41, 5.74) is 14.1. The quantitative estimate of drug-likeness (QED) is 0.180. The molecule has 0 aliphatic rings. The molecule has 0 amide bonds. The van der Waals surface area contributed by atoms with E-state index in [1.165, 1.54) is 0 Å². The van der Waals surface area contributed by atoms with Gasteiger partial charge < -0.3 is 8.83 Å². The van der Waals surface area contributed by atoms with E-state index in [1.807, 2.05) is 109 Å². The zero-order chi connectivity index (χ0) is 36.2. The Morgan fingerprint density at radius 2 is 0.648 bits per heavy atom. The Balaban J connectivity index is 1.30. The molecule has 2 aromatic heterocycles. The van der Waals surface area contributed by atoms with Gasteiger partial charge >= 0.3 is 0 Å². The number of hydrogen-bond acceptors (Lipinski definition) is 4. The maximum atomic E-state index is 10.1. The van der Waals surface area contributed by atoms with Gasteiger partial charge in [-0.2, -0.15) is 10.5 Å². The maximum Gasteiger partial charge on any atom is 0.136 e. The smallest absolute Gasteiger partial charge is 0.136 e. The molecule has 0 radical (unpaired) electrons. The third-order valence-corrected chi connectivity index (χ3v) is 10.3. The molecule has 0 atom stereocenters. The number of benzene rings is 8. The summed E-state index contributed by atoms with van der Waals surface area (Å²) >= 11 is 0. The van der Waals surface area contributed by atoms with E-state index in [1.54, 1.807) is 0 Å². The number of fused-ring (bicyclic) bond motifs is 6. The number of furan rings is 2. The summed E-state index contributed by atoms with van der Waals surface area (Å²) in [6.45, 7) is 0. The van der Waals surface area contributed by atoms with Crippen molar-refractivity contribution in [2.24, 2.45) is 0 Å². The Bertz CT molecular complexity index is 3000. The normalized spacial score (nSPS) is 11.3. The molecule has 4 nitrogen and oxygen atoms in total. The van der Waals surface area contributed by atoms with Gasteiger partial charge in [0.05, 0.1) is 23.3 Å². The standard InChI is InChI=1S/C50H28N2O2/c51-29-31-11-1-3-13-39(31)35-23-33(24-36(27-35)40-14-4-2-12-32(40)30-52)34-25-37(41-17-9-21-47-49(41)43-15-5-7-19-45(43)53-47)28-38(26-34)42-18-10-22-48-50(42)44-16-6-8-20-46(44)54-48/h1-28H. The van der Waals surface area contributed by atoms with Gasteiger partial charge in [0.25, 0.3) is 0 Å². The second kappa shape index (κ2) is 12.5. The van der Waals surface area contributed by atoms with Gasteiger partial charge in [-0.15, -0.1) is 0 Å². The number of rotatable bonds is 5. The summed E-state index contributed by atoms with van der Waals surface area (Å²) in [4.78, 5) is 0. The van der Waals surface area contributed by atoms with Crippen molar-refractivity contribution in [2.75, 3.05) is 0 Å². The third-order valence-electron chi connectivity index (χ3n) is 10.3. The minimum absolute atomic E-state index is 0.584. The van der Waals surface area contributed by atoms with Gasteiger partial charge in [-0.1, -0.05) is 97.1 Å². The first-order chi connectivity index (χ1) is 26.7. The van der Waals surface area contributed by atoms with E-state index >= 15 is 0 Å². The maximum absolute atomic E-state index is 10.1. The summed E-state index contributed by atoms with van der Waals surface area (Å²) in [5.74, 6) is 0. The van der Waals surface area contributed by atoms with Gasteiger partial charge in [0, 0.05) is 21.5 Å². The lowest BCUT2D eigenvalue weighted by Gasteiger charge is -2.16. The van der Waals surface area contributed by atoms with E-state index in [9.17, 15) is 10.5 Å². The van der Waals surface area contributed by atoms with Crippen molar-refractivity contribution in [1.29, 1.82) is 10.5 Å². The molecule has 4 heteroatoms. The summed E-state index contributed by atoms with van der Waals surface area (Å²) in [5, 5.41) is 24.5. The van der Waals surface area contributed by atoms with Crippen LogP contribution in [0.3, 0.4) is 0 Å². The first kappa shape index (κ1) is 31.1. The molecule has 0 saturated heterocycles. The van der Waals surface area contributed by atoms with E-state index in [4.69, 9.17) is 8.83 Å². The summed E-state index contributed by atoms with van der Waals surface area (Å²) in [6, 6.07) is 62.0. The van der Waals surface area contributed by atoms with Crippen LogP contribution in [-0.4, -0.2) is 0 Å². The van der Waals surface area contributed by atoms with Crippen LogP contribution >= 0.6 is 0 Å². The number of para-hydroxylation sites is 2. The highest BCUT2D eigenvalue weighted by molar-refractivity contribution is 6.15. The van der Waals surface area contributed by atoms with Gasteiger partial charge in [0.1, 0.15) is 22.3 Å². The first-order valence-corrected chi connectivity index (χ1v) is 17.8. The molecular formula is C50H28N2O2. The van der Waals surface area contributed by atoms with Crippen LogP contribution in [-0.2, 0) is 0 Å². The Morgan fingerprint density at radius 3 is 1.09 bits per heavy atom. The van der Waals surface area contributed by atoms with Crippen LogP contribution in [0.5, 0.6) is 0 Å². The minimum Gasteiger partial charge on any atom is -0.456 e. The lowest BCUT2D eigenvalue weighted by Crippen LogP contribution is -1.92. The molecule has 54 heavy (non-hydrogen) atoms. The second-order valence-corrected chi connectivity index (χ2v) is 13.5. The van der Waals surface area contributed by atoms with Gasteiger partial charge in [-0.3, -0.25) is 0 Å². The molecule has 0 unspecified atom stereocenters. The van der Waals surface area contributed by atoms with E-state index < -0.39 is 0 Å². The summed E-state index contributed by atoms with van der Waals surface area (Å²) in [6.07, 6.45) is 0. The average molecular weight is 689 g/mol. The highest BCUT2D eigenvalue weighted by Gasteiger charge is 2.19. The molecule has 0 aliphatic carbocycles.